The zero-order valence-electron chi connectivity index (χ0n) is 7.25. The Labute approximate surface area is 80.1 Å². The molecule has 14 heavy (non-hydrogen) atoms. The zero-order valence-corrected chi connectivity index (χ0v) is 7.25. The fourth-order valence-corrected chi connectivity index (χ4v) is 0.910. The van der Waals surface area contributed by atoms with Crippen LogP contribution in [0.4, 0.5) is 10.1 Å². The minimum Gasteiger partial charge on any atom is -0.374 e. The summed E-state index contributed by atoms with van der Waals surface area (Å²) in [4.78, 5) is 10.4. The van der Waals surface area contributed by atoms with Crippen LogP contribution in [-0.2, 0) is 4.79 Å². The number of nitrogens with two attached hydrogens (primary N) is 1. The topological polar surface area (TPSA) is 78.9 Å². The van der Waals surface area contributed by atoms with Crippen molar-refractivity contribution in [3.63, 3.8) is 0 Å². The summed E-state index contributed by atoms with van der Waals surface area (Å²) in [6.07, 6.45) is 0. The lowest BCUT2D eigenvalue weighted by molar-refractivity contribution is -0.116. The molecule has 0 saturated heterocycles. The Morgan fingerprint density at radius 3 is 2.86 bits per heavy atom. The highest BCUT2D eigenvalue weighted by Gasteiger charge is 2.03. The van der Waals surface area contributed by atoms with Gasteiger partial charge in [0.15, 0.2) is 0 Å². The number of hydrogen-bond donors (Lipinski definition) is 2. The maximum Gasteiger partial charge on any atom is 0.236 e. The van der Waals surface area contributed by atoms with Gasteiger partial charge in [0.2, 0.25) is 5.91 Å². The summed E-state index contributed by atoms with van der Waals surface area (Å²) < 4.78 is 13.1. The third-order valence-corrected chi connectivity index (χ3v) is 1.55. The molecule has 0 aliphatic heterocycles. The van der Waals surface area contributed by atoms with Crippen molar-refractivity contribution in [3.05, 3.63) is 29.6 Å². The molecule has 4 nitrogen and oxygen atoms in total. The van der Waals surface area contributed by atoms with Gasteiger partial charge >= 0.3 is 0 Å². The van der Waals surface area contributed by atoms with E-state index < -0.39 is 11.7 Å². The zero-order chi connectivity index (χ0) is 10.6. The summed E-state index contributed by atoms with van der Waals surface area (Å²) >= 11 is 0. The molecule has 5 heteroatoms. The second-order valence-corrected chi connectivity index (χ2v) is 2.63. The molecule has 72 valence electrons. The number of nitrogens with one attached hydrogen (secondary N) is 1. The number of halogens is 1. The molecule has 0 atom stereocenters. The number of carbonyl (C=O) groups is 1. The number of rotatable bonds is 3. The molecular weight excluding hydrogens is 185 g/mol. The molecule has 0 unspecified atom stereocenters. The molecule has 0 aromatic heterocycles. The van der Waals surface area contributed by atoms with Gasteiger partial charge in [-0.1, -0.05) is 0 Å². The van der Waals surface area contributed by atoms with E-state index in [2.05, 4.69) is 5.32 Å². The van der Waals surface area contributed by atoms with E-state index in [4.69, 9.17) is 11.0 Å². The van der Waals surface area contributed by atoms with E-state index in [9.17, 15) is 9.18 Å². The van der Waals surface area contributed by atoms with E-state index in [0.717, 1.165) is 6.07 Å². The molecule has 0 heterocycles. The number of hydrogen-bond acceptors (Lipinski definition) is 3. The molecule has 1 aromatic carbocycles. The smallest absolute Gasteiger partial charge is 0.236 e. The van der Waals surface area contributed by atoms with Gasteiger partial charge in [0.1, 0.15) is 5.82 Å². The van der Waals surface area contributed by atoms with E-state index in [0.29, 0.717) is 0 Å². The summed E-state index contributed by atoms with van der Waals surface area (Å²) in [5.74, 6) is -1.15. The van der Waals surface area contributed by atoms with Crippen LogP contribution in [-0.4, -0.2) is 12.5 Å². The standard InChI is InChI=1S/C9H8FN3O/c10-7-3-6(4-11)1-2-8(7)13-5-9(12)14/h1-3,13H,5H2,(H2,12,14). The van der Waals surface area contributed by atoms with Crippen molar-refractivity contribution < 1.29 is 9.18 Å². The fraction of sp³-hybridized carbons (Fsp3) is 0.111. The summed E-state index contributed by atoms with van der Waals surface area (Å²) in [7, 11) is 0. The van der Waals surface area contributed by atoms with E-state index in [1.165, 1.54) is 12.1 Å². The number of carbonyl (C=O) groups excluding carboxylic acids is 1. The van der Waals surface area contributed by atoms with Crippen LogP contribution < -0.4 is 11.1 Å². The summed E-state index contributed by atoms with van der Waals surface area (Å²) in [6, 6.07) is 5.72. The molecule has 0 fully saturated rings. The SMILES string of the molecule is N#Cc1ccc(NCC(N)=O)c(F)c1. The van der Waals surface area contributed by atoms with Gasteiger partial charge in [-0.2, -0.15) is 5.26 Å². The molecule has 3 N–H and O–H groups in total. The minimum absolute atomic E-state index is 0.136. The predicted octanol–water partition coefficient (Wildman–Crippen LogP) is 0.595. The van der Waals surface area contributed by atoms with Crippen molar-refractivity contribution in [2.24, 2.45) is 5.73 Å². The van der Waals surface area contributed by atoms with Gasteiger partial charge in [-0.05, 0) is 18.2 Å². The first-order valence-corrected chi connectivity index (χ1v) is 3.85. The fourth-order valence-electron chi connectivity index (χ4n) is 0.910. The number of benzene rings is 1. The lowest BCUT2D eigenvalue weighted by atomic mass is 10.2. The molecule has 0 aliphatic carbocycles. The first-order chi connectivity index (χ1) is 6.63. The van der Waals surface area contributed by atoms with Crippen LogP contribution in [0.25, 0.3) is 0 Å². The maximum atomic E-state index is 13.1. The molecule has 1 amide bonds. The highest BCUT2D eigenvalue weighted by Crippen LogP contribution is 2.14. The maximum absolute atomic E-state index is 13.1. The molecule has 0 spiro atoms. The average Bonchev–Trinajstić information content (AvgIpc) is 2.15. The van der Waals surface area contributed by atoms with Crippen molar-refractivity contribution in [2.45, 2.75) is 0 Å². The first kappa shape index (κ1) is 9.99. The van der Waals surface area contributed by atoms with Crippen molar-refractivity contribution >= 4 is 11.6 Å². The normalized spacial score (nSPS) is 9.14. The summed E-state index contributed by atoms with van der Waals surface area (Å²) in [5.41, 5.74) is 5.25. The van der Waals surface area contributed by atoms with Crippen LogP contribution in [0.15, 0.2) is 18.2 Å². The second-order valence-electron chi connectivity index (χ2n) is 2.63. The second kappa shape index (κ2) is 4.23. The van der Waals surface area contributed by atoms with Gasteiger partial charge in [-0.15, -0.1) is 0 Å². The monoisotopic (exact) mass is 193 g/mol. The highest BCUT2D eigenvalue weighted by atomic mass is 19.1. The van der Waals surface area contributed by atoms with Gasteiger partial charge in [-0.25, -0.2) is 4.39 Å². The van der Waals surface area contributed by atoms with Gasteiger partial charge in [0, 0.05) is 0 Å². The van der Waals surface area contributed by atoms with Crippen molar-refractivity contribution in [1.29, 1.82) is 5.26 Å². The Morgan fingerprint density at radius 2 is 2.36 bits per heavy atom. The van der Waals surface area contributed by atoms with Crippen molar-refractivity contribution in [1.82, 2.24) is 0 Å². The largest absolute Gasteiger partial charge is 0.374 e. The summed E-state index contributed by atoms with van der Waals surface area (Å²) in [6.45, 7) is -0.136. The van der Waals surface area contributed by atoms with E-state index in [-0.39, 0.29) is 17.8 Å². The van der Waals surface area contributed by atoms with Gasteiger partial charge in [-0.3, -0.25) is 4.79 Å². The third kappa shape index (κ3) is 2.45. The molecule has 0 saturated carbocycles. The van der Waals surface area contributed by atoms with E-state index >= 15 is 0 Å². The van der Waals surface area contributed by atoms with Crippen LogP contribution in [0.3, 0.4) is 0 Å². The lowest BCUT2D eigenvalue weighted by Gasteiger charge is -2.04. The third-order valence-electron chi connectivity index (χ3n) is 1.55. The number of nitrogens with zero attached hydrogens (tertiary/aromatic N) is 1. The Kier molecular flexibility index (Phi) is 3.02. The van der Waals surface area contributed by atoms with Gasteiger partial charge in [0.25, 0.3) is 0 Å². The summed E-state index contributed by atoms with van der Waals surface area (Å²) in [5, 5.41) is 11.0. The molecule has 1 aromatic rings. The van der Waals surface area contributed by atoms with Crippen molar-refractivity contribution in [2.75, 3.05) is 11.9 Å². The van der Waals surface area contributed by atoms with E-state index in [1.807, 2.05) is 0 Å². The Hall–Kier alpha value is -2.09. The Morgan fingerprint density at radius 1 is 1.64 bits per heavy atom. The minimum atomic E-state index is -0.578. The number of amides is 1. The molecule has 0 radical (unpaired) electrons. The highest BCUT2D eigenvalue weighted by molar-refractivity contribution is 5.78. The number of nitriles is 1. The predicted molar refractivity (Wildman–Crippen MR) is 48.8 cm³/mol. The molecular formula is C9H8FN3O. The quantitative estimate of drug-likeness (QED) is 0.737. The molecule has 1 rings (SSSR count). The molecule has 0 aliphatic rings. The van der Waals surface area contributed by atoms with Crippen molar-refractivity contribution in [3.8, 4) is 6.07 Å². The lowest BCUT2D eigenvalue weighted by Crippen LogP contribution is -2.22. The van der Waals surface area contributed by atoms with E-state index in [1.54, 1.807) is 6.07 Å². The Balaban J connectivity index is 2.80. The van der Waals surface area contributed by atoms with Gasteiger partial charge in [0.05, 0.1) is 23.9 Å². The van der Waals surface area contributed by atoms with Crippen LogP contribution >= 0.6 is 0 Å². The first-order valence-electron chi connectivity index (χ1n) is 3.85. The molecule has 0 bridgehead atoms. The van der Waals surface area contributed by atoms with Crippen LogP contribution in [0.2, 0.25) is 0 Å². The number of anilines is 1. The van der Waals surface area contributed by atoms with Crippen LogP contribution in [0.5, 0.6) is 0 Å². The van der Waals surface area contributed by atoms with Crippen LogP contribution in [0.1, 0.15) is 5.56 Å². The number of primary amides is 1. The average molecular weight is 193 g/mol. The van der Waals surface area contributed by atoms with Gasteiger partial charge < -0.3 is 11.1 Å². The van der Waals surface area contributed by atoms with Crippen LogP contribution in [0, 0.1) is 17.1 Å². The Bertz CT molecular complexity index is 398.